The van der Waals surface area contributed by atoms with Crippen LogP contribution in [0.15, 0.2) is 46.7 Å². The van der Waals surface area contributed by atoms with Crippen LogP contribution in [0.3, 0.4) is 0 Å². The Balaban J connectivity index is 1.24. The first-order chi connectivity index (χ1) is 14.6. The summed E-state index contributed by atoms with van der Waals surface area (Å²) in [5.74, 6) is -0.0888. The molecule has 0 radical (unpaired) electrons. The average Bonchev–Trinajstić information content (AvgIpc) is 3.23. The second kappa shape index (κ2) is 9.17. The number of amides is 1. The van der Waals surface area contributed by atoms with Gasteiger partial charge in [-0.05, 0) is 12.1 Å². The van der Waals surface area contributed by atoms with Crippen LogP contribution in [0.2, 0.25) is 0 Å². The summed E-state index contributed by atoms with van der Waals surface area (Å²) >= 11 is 1.46. The summed E-state index contributed by atoms with van der Waals surface area (Å²) in [5, 5.41) is 13.8. The quantitative estimate of drug-likeness (QED) is 0.651. The molecule has 3 heterocycles. The molecule has 0 saturated carbocycles. The van der Waals surface area contributed by atoms with Gasteiger partial charge in [0.2, 0.25) is 5.91 Å². The maximum absolute atomic E-state index is 12.2. The maximum Gasteiger partial charge on any atom is 0.258 e. The number of hydrogen-bond donors (Lipinski definition) is 1. The molecule has 0 unspecified atom stereocenters. The average molecular weight is 423 g/mol. The van der Waals surface area contributed by atoms with Gasteiger partial charge in [0.05, 0.1) is 16.9 Å². The molecule has 0 aliphatic carbocycles. The Morgan fingerprint density at radius 1 is 1.20 bits per heavy atom. The predicted octanol–water partition coefficient (Wildman–Crippen LogP) is 1.77. The second-order valence-electron chi connectivity index (χ2n) is 7.21. The smallest absolute Gasteiger partial charge is 0.258 e. The number of carbonyl (C=O) groups excluding carboxylic acids is 1. The van der Waals surface area contributed by atoms with Crippen LogP contribution in [-0.4, -0.2) is 57.8 Å². The molecule has 0 bridgehead atoms. The first-order valence-corrected chi connectivity index (χ1v) is 10.7. The number of aromatic nitrogens is 2. The van der Waals surface area contributed by atoms with Gasteiger partial charge in [0, 0.05) is 63.3 Å². The Morgan fingerprint density at radius 3 is 2.77 bits per heavy atom. The molecular formula is C21H22N6O2S. The van der Waals surface area contributed by atoms with Crippen molar-refractivity contribution in [1.29, 1.82) is 5.26 Å². The van der Waals surface area contributed by atoms with Crippen LogP contribution in [-0.2, 0) is 11.3 Å². The van der Waals surface area contributed by atoms with E-state index in [2.05, 4.69) is 26.2 Å². The molecule has 4 rings (SSSR count). The van der Waals surface area contributed by atoms with E-state index in [0.717, 1.165) is 36.8 Å². The Morgan fingerprint density at radius 2 is 1.97 bits per heavy atom. The number of piperazine rings is 1. The van der Waals surface area contributed by atoms with Gasteiger partial charge < -0.3 is 10.2 Å². The van der Waals surface area contributed by atoms with Crippen molar-refractivity contribution in [1.82, 2.24) is 19.2 Å². The van der Waals surface area contributed by atoms with E-state index in [1.54, 1.807) is 40.9 Å². The fourth-order valence-electron chi connectivity index (χ4n) is 3.53. The van der Waals surface area contributed by atoms with Crippen molar-refractivity contribution in [3.63, 3.8) is 0 Å². The number of nitriles is 1. The summed E-state index contributed by atoms with van der Waals surface area (Å²) in [6.45, 7) is 4.79. The van der Waals surface area contributed by atoms with Crippen molar-refractivity contribution in [2.75, 3.05) is 38.0 Å². The predicted molar refractivity (Wildman–Crippen MR) is 115 cm³/mol. The summed E-state index contributed by atoms with van der Waals surface area (Å²) in [7, 11) is 0. The number of rotatable bonds is 6. The lowest BCUT2D eigenvalue weighted by Gasteiger charge is -2.34. The number of hydrogen-bond acceptors (Lipinski definition) is 7. The van der Waals surface area contributed by atoms with Gasteiger partial charge in [-0.15, -0.1) is 11.3 Å². The highest BCUT2D eigenvalue weighted by molar-refractivity contribution is 7.15. The first kappa shape index (κ1) is 20.2. The summed E-state index contributed by atoms with van der Waals surface area (Å²) in [6, 6.07) is 10.7. The molecule has 1 saturated heterocycles. The van der Waals surface area contributed by atoms with E-state index in [1.807, 2.05) is 5.38 Å². The molecule has 9 heteroatoms. The zero-order chi connectivity index (χ0) is 20.9. The zero-order valence-electron chi connectivity index (χ0n) is 16.5. The standard InChI is InChI=1S/C21H22N6O2S/c22-14-16-3-1-2-4-18(16)24-19(28)5-6-25-7-9-26(10-8-25)15-17-13-20(29)27-11-12-30-21(27)23-17/h1-4,11-13H,5-10,15H2,(H,24,28). The van der Waals surface area contributed by atoms with Crippen molar-refractivity contribution in [3.8, 4) is 6.07 Å². The Labute approximate surface area is 178 Å². The Kier molecular flexibility index (Phi) is 6.18. The number of anilines is 1. The number of fused-ring (bicyclic) bond motifs is 1. The third kappa shape index (κ3) is 4.74. The molecule has 1 aliphatic rings. The van der Waals surface area contributed by atoms with E-state index in [-0.39, 0.29) is 11.5 Å². The minimum Gasteiger partial charge on any atom is -0.325 e. The number of nitrogens with one attached hydrogen (secondary N) is 1. The molecule has 1 amide bonds. The van der Waals surface area contributed by atoms with Crippen LogP contribution in [0.25, 0.3) is 4.96 Å². The lowest BCUT2D eigenvalue weighted by atomic mass is 10.2. The van der Waals surface area contributed by atoms with Crippen molar-refractivity contribution in [3.05, 3.63) is 63.5 Å². The number of carbonyl (C=O) groups is 1. The lowest BCUT2D eigenvalue weighted by Crippen LogP contribution is -2.46. The minimum atomic E-state index is -0.0888. The van der Waals surface area contributed by atoms with E-state index in [9.17, 15) is 9.59 Å². The Bertz CT molecular complexity index is 1140. The van der Waals surface area contributed by atoms with Crippen molar-refractivity contribution < 1.29 is 4.79 Å². The van der Waals surface area contributed by atoms with E-state index in [0.29, 0.717) is 30.8 Å². The van der Waals surface area contributed by atoms with Crippen molar-refractivity contribution in [2.45, 2.75) is 13.0 Å². The fourth-order valence-corrected chi connectivity index (χ4v) is 4.27. The molecular weight excluding hydrogens is 400 g/mol. The molecule has 0 spiro atoms. The SMILES string of the molecule is N#Cc1ccccc1NC(=O)CCN1CCN(Cc2cc(=O)n3ccsc3n2)CC1. The van der Waals surface area contributed by atoms with E-state index in [4.69, 9.17) is 5.26 Å². The van der Waals surface area contributed by atoms with Crippen LogP contribution in [0.1, 0.15) is 17.7 Å². The van der Waals surface area contributed by atoms with E-state index < -0.39 is 0 Å². The van der Waals surface area contributed by atoms with Crippen LogP contribution in [0.4, 0.5) is 5.69 Å². The van der Waals surface area contributed by atoms with Gasteiger partial charge in [0.15, 0.2) is 4.96 Å². The second-order valence-corrected chi connectivity index (χ2v) is 8.09. The molecule has 30 heavy (non-hydrogen) atoms. The highest BCUT2D eigenvalue weighted by Gasteiger charge is 2.19. The molecule has 3 aromatic rings. The molecule has 1 N–H and O–H groups in total. The summed E-state index contributed by atoms with van der Waals surface area (Å²) in [6.07, 6.45) is 2.13. The van der Waals surface area contributed by atoms with Gasteiger partial charge in [0.25, 0.3) is 5.56 Å². The van der Waals surface area contributed by atoms with Crippen molar-refractivity contribution >= 4 is 27.9 Å². The molecule has 8 nitrogen and oxygen atoms in total. The molecule has 0 atom stereocenters. The zero-order valence-corrected chi connectivity index (χ0v) is 17.3. The topological polar surface area (TPSA) is 93.7 Å². The normalized spacial score (nSPS) is 15.2. The van der Waals surface area contributed by atoms with Crippen molar-refractivity contribution in [2.24, 2.45) is 0 Å². The third-order valence-corrected chi connectivity index (χ3v) is 5.94. The van der Waals surface area contributed by atoms with E-state index >= 15 is 0 Å². The minimum absolute atomic E-state index is 0.0427. The number of thiazole rings is 1. The molecule has 154 valence electrons. The molecule has 1 aliphatic heterocycles. The molecule has 2 aromatic heterocycles. The maximum atomic E-state index is 12.2. The number of para-hydroxylation sites is 1. The first-order valence-electron chi connectivity index (χ1n) is 9.82. The van der Waals surface area contributed by atoms with Gasteiger partial charge in [-0.2, -0.15) is 5.26 Å². The fraction of sp³-hybridized carbons (Fsp3) is 0.333. The Hall–Kier alpha value is -3.06. The van der Waals surface area contributed by atoms with Gasteiger partial charge in [-0.1, -0.05) is 12.1 Å². The third-order valence-electron chi connectivity index (χ3n) is 5.18. The lowest BCUT2D eigenvalue weighted by molar-refractivity contribution is -0.116. The summed E-state index contributed by atoms with van der Waals surface area (Å²) in [5.41, 5.74) is 1.78. The van der Waals surface area contributed by atoms with E-state index in [1.165, 1.54) is 11.3 Å². The highest BCUT2D eigenvalue weighted by Crippen LogP contribution is 2.14. The molecule has 1 aromatic carbocycles. The highest BCUT2D eigenvalue weighted by atomic mass is 32.1. The number of nitrogens with zero attached hydrogens (tertiary/aromatic N) is 5. The van der Waals surface area contributed by atoms with Gasteiger partial charge in [0.1, 0.15) is 6.07 Å². The van der Waals surface area contributed by atoms with Crippen LogP contribution in [0.5, 0.6) is 0 Å². The molecule has 1 fully saturated rings. The van der Waals surface area contributed by atoms with Crippen LogP contribution in [0, 0.1) is 11.3 Å². The monoisotopic (exact) mass is 422 g/mol. The van der Waals surface area contributed by atoms with Gasteiger partial charge >= 0.3 is 0 Å². The van der Waals surface area contributed by atoms with Gasteiger partial charge in [-0.25, -0.2) is 4.98 Å². The van der Waals surface area contributed by atoms with Crippen LogP contribution >= 0.6 is 11.3 Å². The summed E-state index contributed by atoms with van der Waals surface area (Å²) < 4.78 is 1.56. The summed E-state index contributed by atoms with van der Waals surface area (Å²) in [4.78, 5) is 34.2. The largest absolute Gasteiger partial charge is 0.325 e. The number of benzene rings is 1. The van der Waals surface area contributed by atoms with Gasteiger partial charge in [-0.3, -0.25) is 18.9 Å². The van der Waals surface area contributed by atoms with Crippen LogP contribution < -0.4 is 10.9 Å².